The first kappa shape index (κ1) is 12.8. The molecule has 1 aromatic rings. The number of aromatic carboxylic acids is 1. The van der Waals surface area contributed by atoms with Gasteiger partial charge in [0, 0.05) is 11.9 Å². The minimum absolute atomic E-state index is 0.0669. The van der Waals surface area contributed by atoms with Crippen LogP contribution in [0, 0.1) is 0 Å². The number of halogens is 3. The van der Waals surface area contributed by atoms with Crippen molar-refractivity contribution in [3.05, 3.63) is 11.1 Å². The van der Waals surface area contributed by atoms with Gasteiger partial charge in [-0.1, -0.05) is 0 Å². The van der Waals surface area contributed by atoms with E-state index in [1.54, 1.807) is 6.92 Å². The summed E-state index contributed by atoms with van der Waals surface area (Å²) >= 11 is 0.885. The van der Waals surface area contributed by atoms with Crippen molar-refractivity contribution in [2.75, 3.05) is 18.0 Å². The van der Waals surface area contributed by atoms with Crippen LogP contribution in [0.1, 0.15) is 17.4 Å². The van der Waals surface area contributed by atoms with Gasteiger partial charge in [-0.3, -0.25) is 0 Å². The normalized spacial score (nSPS) is 11.5. The fraction of sp³-hybridized carbons (Fsp3) is 0.500. The molecule has 0 radical (unpaired) electrons. The maximum absolute atomic E-state index is 12.2. The minimum Gasteiger partial charge on any atom is -0.476 e. The molecule has 0 unspecified atom stereocenters. The Kier molecular flexibility index (Phi) is 3.74. The predicted molar refractivity (Wildman–Crippen MR) is 53.0 cm³/mol. The van der Waals surface area contributed by atoms with Crippen molar-refractivity contribution in [3.8, 4) is 0 Å². The molecule has 0 aliphatic rings. The molecule has 1 aromatic heterocycles. The Hall–Kier alpha value is -1.31. The van der Waals surface area contributed by atoms with Gasteiger partial charge < -0.3 is 10.0 Å². The van der Waals surface area contributed by atoms with Crippen LogP contribution in [0.2, 0.25) is 0 Å². The van der Waals surface area contributed by atoms with Gasteiger partial charge in [-0.15, -0.1) is 11.3 Å². The number of rotatable bonds is 4. The van der Waals surface area contributed by atoms with E-state index in [9.17, 15) is 18.0 Å². The topological polar surface area (TPSA) is 53.4 Å². The maximum Gasteiger partial charge on any atom is 0.406 e. The molecule has 0 aromatic carbocycles. The van der Waals surface area contributed by atoms with E-state index in [0.29, 0.717) is 0 Å². The third kappa shape index (κ3) is 3.37. The van der Waals surface area contributed by atoms with Crippen LogP contribution in [-0.4, -0.2) is 35.3 Å². The fourth-order valence-electron chi connectivity index (χ4n) is 1.04. The van der Waals surface area contributed by atoms with Crippen LogP contribution in [0.3, 0.4) is 0 Å². The van der Waals surface area contributed by atoms with E-state index in [4.69, 9.17) is 5.11 Å². The molecule has 0 atom stereocenters. The van der Waals surface area contributed by atoms with Crippen LogP contribution in [0.5, 0.6) is 0 Å². The van der Waals surface area contributed by atoms with Gasteiger partial charge in [0.2, 0.25) is 0 Å². The zero-order valence-electron chi connectivity index (χ0n) is 8.28. The lowest BCUT2D eigenvalue weighted by molar-refractivity contribution is -0.119. The maximum atomic E-state index is 12.2. The molecule has 0 spiro atoms. The van der Waals surface area contributed by atoms with Crippen molar-refractivity contribution < 1.29 is 23.1 Å². The number of carbonyl (C=O) groups is 1. The van der Waals surface area contributed by atoms with Gasteiger partial charge >= 0.3 is 12.1 Å². The van der Waals surface area contributed by atoms with Gasteiger partial charge in [0.25, 0.3) is 0 Å². The molecule has 0 amide bonds. The first-order chi connectivity index (χ1) is 7.33. The van der Waals surface area contributed by atoms with Gasteiger partial charge in [0.05, 0.1) is 0 Å². The van der Waals surface area contributed by atoms with Crippen molar-refractivity contribution in [1.82, 2.24) is 4.98 Å². The number of hydrogen-bond acceptors (Lipinski definition) is 4. The third-order valence-electron chi connectivity index (χ3n) is 1.73. The highest BCUT2D eigenvalue weighted by atomic mass is 32.1. The van der Waals surface area contributed by atoms with E-state index in [1.165, 1.54) is 5.38 Å². The van der Waals surface area contributed by atoms with Crippen LogP contribution in [0.15, 0.2) is 5.38 Å². The zero-order valence-corrected chi connectivity index (χ0v) is 9.10. The van der Waals surface area contributed by atoms with E-state index in [2.05, 4.69) is 4.98 Å². The summed E-state index contributed by atoms with van der Waals surface area (Å²) in [5, 5.41) is 9.87. The van der Waals surface area contributed by atoms with Crippen LogP contribution in [0.4, 0.5) is 18.3 Å². The summed E-state index contributed by atoms with van der Waals surface area (Å²) in [7, 11) is 0. The Morgan fingerprint density at radius 3 is 2.62 bits per heavy atom. The number of nitrogens with zero attached hydrogens (tertiary/aromatic N) is 2. The van der Waals surface area contributed by atoms with Crippen LogP contribution in [0.25, 0.3) is 0 Å². The first-order valence-electron chi connectivity index (χ1n) is 4.34. The third-order valence-corrected chi connectivity index (χ3v) is 2.63. The molecule has 8 heteroatoms. The first-order valence-corrected chi connectivity index (χ1v) is 5.22. The monoisotopic (exact) mass is 254 g/mol. The predicted octanol–water partition coefficient (Wildman–Crippen LogP) is 2.23. The zero-order chi connectivity index (χ0) is 12.3. The highest BCUT2D eigenvalue weighted by Gasteiger charge is 2.31. The summed E-state index contributed by atoms with van der Waals surface area (Å²) in [4.78, 5) is 15.1. The summed E-state index contributed by atoms with van der Waals surface area (Å²) < 4.78 is 36.5. The molecular weight excluding hydrogens is 245 g/mol. The summed E-state index contributed by atoms with van der Waals surface area (Å²) in [5.74, 6) is -1.24. The second-order valence-corrected chi connectivity index (χ2v) is 3.79. The number of thiazole rings is 1. The van der Waals surface area contributed by atoms with E-state index >= 15 is 0 Å². The van der Waals surface area contributed by atoms with Crippen LogP contribution in [-0.2, 0) is 0 Å². The van der Waals surface area contributed by atoms with E-state index in [0.717, 1.165) is 16.2 Å². The molecule has 16 heavy (non-hydrogen) atoms. The molecule has 1 N–H and O–H groups in total. The van der Waals surface area contributed by atoms with Crippen molar-refractivity contribution >= 4 is 22.4 Å². The number of aromatic nitrogens is 1. The number of carboxylic acid groups (broad SMARTS) is 1. The molecule has 4 nitrogen and oxygen atoms in total. The Labute approximate surface area is 93.3 Å². The van der Waals surface area contributed by atoms with Crippen molar-refractivity contribution in [3.63, 3.8) is 0 Å². The molecular formula is C8H9F3N2O2S. The molecule has 0 fully saturated rings. The quantitative estimate of drug-likeness (QED) is 0.895. The van der Waals surface area contributed by atoms with Crippen molar-refractivity contribution in [2.24, 2.45) is 0 Å². The number of hydrogen-bond donors (Lipinski definition) is 1. The average Bonchev–Trinajstić information content (AvgIpc) is 2.61. The second kappa shape index (κ2) is 4.69. The molecule has 0 saturated carbocycles. The summed E-state index contributed by atoms with van der Waals surface area (Å²) in [6, 6.07) is 0. The number of anilines is 1. The summed E-state index contributed by atoms with van der Waals surface area (Å²) in [5.41, 5.74) is -0.236. The molecule has 0 bridgehead atoms. The Morgan fingerprint density at radius 2 is 2.25 bits per heavy atom. The fourth-order valence-corrected chi connectivity index (χ4v) is 1.90. The molecule has 1 heterocycles. The SMILES string of the molecule is CCN(CC(F)(F)F)c1nc(C(=O)O)cs1. The molecule has 90 valence electrons. The summed E-state index contributed by atoms with van der Waals surface area (Å²) in [6.07, 6.45) is -4.33. The molecule has 0 aliphatic carbocycles. The highest BCUT2D eigenvalue weighted by Crippen LogP contribution is 2.24. The Bertz CT molecular complexity index is 378. The Balaban J connectivity index is 2.83. The molecule has 0 aliphatic heterocycles. The Morgan fingerprint density at radius 1 is 1.62 bits per heavy atom. The van der Waals surface area contributed by atoms with Crippen molar-refractivity contribution in [2.45, 2.75) is 13.1 Å². The van der Waals surface area contributed by atoms with E-state index < -0.39 is 18.7 Å². The van der Waals surface area contributed by atoms with Gasteiger partial charge in [0.15, 0.2) is 10.8 Å². The smallest absolute Gasteiger partial charge is 0.406 e. The van der Waals surface area contributed by atoms with E-state index in [1.807, 2.05) is 0 Å². The standard InChI is InChI=1S/C8H9F3N2O2S/c1-2-13(4-8(9,10)11)7-12-5(3-16-7)6(14)15/h3H,2,4H2,1H3,(H,14,15). The number of alkyl halides is 3. The number of carboxylic acids is 1. The van der Waals surface area contributed by atoms with Gasteiger partial charge in [-0.05, 0) is 6.92 Å². The second-order valence-electron chi connectivity index (χ2n) is 2.95. The summed E-state index contributed by atoms with van der Waals surface area (Å²) in [6.45, 7) is 0.537. The molecule has 1 rings (SSSR count). The lowest BCUT2D eigenvalue weighted by atomic mass is 10.5. The van der Waals surface area contributed by atoms with Crippen LogP contribution >= 0.6 is 11.3 Å². The lowest BCUT2D eigenvalue weighted by Gasteiger charge is -2.20. The van der Waals surface area contributed by atoms with Crippen molar-refractivity contribution in [1.29, 1.82) is 0 Å². The van der Waals surface area contributed by atoms with Crippen LogP contribution < -0.4 is 4.90 Å². The van der Waals surface area contributed by atoms with Gasteiger partial charge in [-0.2, -0.15) is 13.2 Å². The largest absolute Gasteiger partial charge is 0.476 e. The molecule has 0 saturated heterocycles. The highest BCUT2D eigenvalue weighted by molar-refractivity contribution is 7.13. The van der Waals surface area contributed by atoms with Gasteiger partial charge in [0.1, 0.15) is 6.54 Å². The van der Waals surface area contributed by atoms with Gasteiger partial charge in [-0.25, -0.2) is 9.78 Å². The average molecular weight is 254 g/mol. The van der Waals surface area contributed by atoms with E-state index in [-0.39, 0.29) is 17.4 Å². The lowest BCUT2D eigenvalue weighted by Crippen LogP contribution is -2.34. The minimum atomic E-state index is -4.33.